The Balaban J connectivity index is 1.55. The van der Waals surface area contributed by atoms with E-state index < -0.39 is 0 Å². The van der Waals surface area contributed by atoms with Crippen molar-refractivity contribution in [2.45, 2.75) is 50.9 Å². The van der Waals surface area contributed by atoms with Crippen molar-refractivity contribution in [3.63, 3.8) is 0 Å². The molecule has 19 heavy (non-hydrogen) atoms. The first kappa shape index (κ1) is 12.0. The first-order valence-corrected chi connectivity index (χ1v) is 8.09. The molecule has 3 N–H and O–H groups in total. The lowest BCUT2D eigenvalue weighted by Crippen LogP contribution is -2.46. The minimum absolute atomic E-state index is 0.572. The van der Waals surface area contributed by atoms with Crippen LogP contribution in [0.3, 0.4) is 0 Å². The summed E-state index contributed by atoms with van der Waals surface area (Å²) in [4.78, 5) is 3.20. The fourth-order valence-corrected chi connectivity index (χ4v) is 5.99. The van der Waals surface area contributed by atoms with E-state index in [1.807, 2.05) is 6.20 Å². The van der Waals surface area contributed by atoms with E-state index in [-0.39, 0.29) is 0 Å². The van der Waals surface area contributed by atoms with Crippen LogP contribution in [0.2, 0.25) is 0 Å². The van der Waals surface area contributed by atoms with Gasteiger partial charge in [0.15, 0.2) is 0 Å². The zero-order valence-corrected chi connectivity index (χ0v) is 11.8. The smallest absolute Gasteiger partial charge is 0.00406 e. The summed E-state index contributed by atoms with van der Waals surface area (Å²) in [7, 11) is 0. The molecule has 4 fully saturated rings. The second-order valence-corrected chi connectivity index (χ2v) is 7.70. The molecule has 2 nitrogen and oxygen atoms in total. The fraction of sp³-hybridized carbons (Fsp3) is 0.765. The van der Waals surface area contributed by atoms with Gasteiger partial charge in [-0.3, -0.25) is 0 Å². The maximum Gasteiger partial charge on any atom is 0.00406 e. The Morgan fingerprint density at radius 2 is 1.79 bits per heavy atom. The predicted molar refractivity (Wildman–Crippen MR) is 77.8 cm³/mol. The van der Waals surface area contributed by atoms with Crippen LogP contribution < -0.4 is 5.73 Å². The van der Waals surface area contributed by atoms with Crippen LogP contribution in [0.25, 0.3) is 0 Å². The monoisotopic (exact) mass is 258 g/mol. The molecule has 1 atom stereocenters. The van der Waals surface area contributed by atoms with E-state index >= 15 is 0 Å². The number of nitrogens with two attached hydrogens (primary N) is 1. The summed E-state index contributed by atoms with van der Waals surface area (Å²) < 4.78 is 0. The Bertz CT molecular complexity index is 399. The lowest BCUT2D eigenvalue weighted by Gasteiger charge is -2.57. The molecule has 1 aromatic heterocycles. The third-order valence-electron chi connectivity index (χ3n) is 6.22. The molecule has 4 aliphatic rings. The standard InChI is InChI=1S/C17H26N2/c18-10-16(15-1-2-19-11-15)9-17-6-12-3-13(7-17)5-14(4-12)8-17/h1-2,11-14,16,19H,3-10,18H2. The third-order valence-corrected chi connectivity index (χ3v) is 6.22. The Kier molecular flexibility index (Phi) is 2.77. The van der Waals surface area contributed by atoms with Gasteiger partial charge in [-0.25, -0.2) is 0 Å². The van der Waals surface area contributed by atoms with Crippen molar-refractivity contribution in [3.05, 3.63) is 24.0 Å². The molecule has 0 radical (unpaired) electrons. The van der Waals surface area contributed by atoms with Crippen molar-refractivity contribution in [2.24, 2.45) is 28.9 Å². The lowest BCUT2D eigenvalue weighted by atomic mass is 9.48. The maximum absolute atomic E-state index is 6.08. The quantitative estimate of drug-likeness (QED) is 0.850. The second kappa shape index (κ2) is 4.37. The Morgan fingerprint density at radius 1 is 1.16 bits per heavy atom. The van der Waals surface area contributed by atoms with Gasteiger partial charge in [0.05, 0.1) is 0 Å². The minimum atomic E-state index is 0.572. The number of nitrogens with one attached hydrogen (secondary N) is 1. The molecule has 5 rings (SSSR count). The fourth-order valence-electron chi connectivity index (χ4n) is 5.99. The molecule has 0 saturated heterocycles. The van der Waals surface area contributed by atoms with Crippen LogP contribution in [0, 0.1) is 23.2 Å². The van der Waals surface area contributed by atoms with Crippen LogP contribution in [0.4, 0.5) is 0 Å². The first-order chi connectivity index (χ1) is 9.26. The molecule has 1 heterocycles. The molecule has 0 aliphatic heterocycles. The summed E-state index contributed by atoms with van der Waals surface area (Å²) >= 11 is 0. The third kappa shape index (κ3) is 2.05. The summed E-state index contributed by atoms with van der Waals surface area (Å²) in [5.74, 6) is 3.73. The summed E-state index contributed by atoms with van der Waals surface area (Å²) in [6.45, 7) is 0.805. The minimum Gasteiger partial charge on any atom is -0.367 e. The number of aromatic amines is 1. The Morgan fingerprint density at radius 3 is 2.26 bits per heavy atom. The highest BCUT2D eigenvalue weighted by molar-refractivity contribution is 5.17. The van der Waals surface area contributed by atoms with E-state index in [2.05, 4.69) is 17.2 Å². The van der Waals surface area contributed by atoms with Crippen molar-refractivity contribution in [2.75, 3.05) is 6.54 Å². The van der Waals surface area contributed by atoms with Gasteiger partial charge in [0.25, 0.3) is 0 Å². The van der Waals surface area contributed by atoms with E-state index in [0.717, 1.165) is 24.3 Å². The highest BCUT2D eigenvalue weighted by atomic mass is 14.7. The van der Waals surface area contributed by atoms with E-state index in [1.54, 1.807) is 0 Å². The molecule has 1 aromatic rings. The van der Waals surface area contributed by atoms with Crippen LogP contribution in [-0.4, -0.2) is 11.5 Å². The number of hydrogen-bond donors (Lipinski definition) is 2. The van der Waals surface area contributed by atoms with Crippen LogP contribution in [0.1, 0.15) is 56.4 Å². The highest BCUT2D eigenvalue weighted by Gasteiger charge is 2.51. The Labute approximate surface area is 116 Å². The van der Waals surface area contributed by atoms with Gasteiger partial charge in [-0.2, -0.15) is 0 Å². The van der Waals surface area contributed by atoms with Gasteiger partial charge in [0.1, 0.15) is 0 Å². The zero-order valence-electron chi connectivity index (χ0n) is 11.8. The van der Waals surface area contributed by atoms with E-state index in [1.165, 1.54) is 50.5 Å². The molecule has 4 aliphatic carbocycles. The average Bonchev–Trinajstić information content (AvgIpc) is 2.88. The molecule has 104 valence electrons. The van der Waals surface area contributed by atoms with Crippen LogP contribution in [0.15, 0.2) is 18.5 Å². The number of H-pyrrole nitrogens is 1. The van der Waals surface area contributed by atoms with Gasteiger partial charge in [-0.05, 0) is 92.2 Å². The van der Waals surface area contributed by atoms with E-state index in [9.17, 15) is 0 Å². The molecule has 0 spiro atoms. The summed E-state index contributed by atoms with van der Waals surface area (Å²) in [5.41, 5.74) is 8.16. The maximum atomic E-state index is 6.08. The summed E-state index contributed by atoms with van der Waals surface area (Å²) in [6, 6.07) is 2.22. The Hall–Kier alpha value is -0.760. The SMILES string of the molecule is NCC(CC12CC3CC(CC(C3)C1)C2)c1cc[nH]c1. The van der Waals surface area contributed by atoms with Crippen molar-refractivity contribution in [3.8, 4) is 0 Å². The second-order valence-electron chi connectivity index (χ2n) is 7.70. The molecule has 0 aromatic carbocycles. The number of rotatable bonds is 4. The normalized spacial score (nSPS) is 41.6. The summed E-state index contributed by atoms with van der Waals surface area (Å²) in [5, 5.41) is 0. The largest absolute Gasteiger partial charge is 0.367 e. The summed E-state index contributed by atoms with van der Waals surface area (Å²) in [6.07, 6.45) is 14.6. The predicted octanol–water partition coefficient (Wildman–Crippen LogP) is 3.66. The van der Waals surface area contributed by atoms with Gasteiger partial charge in [-0.15, -0.1) is 0 Å². The van der Waals surface area contributed by atoms with Crippen molar-refractivity contribution < 1.29 is 0 Å². The van der Waals surface area contributed by atoms with Gasteiger partial charge in [-0.1, -0.05) is 0 Å². The van der Waals surface area contributed by atoms with Crippen LogP contribution in [-0.2, 0) is 0 Å². The zero-order chi connectivity index (χ0) is 12.9. The van der Waals surface area contributed by atoms with Crippen molar-refractivity contribution >= 4 is 0 Å². The molecule has 0 amide bonds. The molecule has 1 unspecified atom stereocenters. The number of aromatic nitrogens is 1. The molecular weight excluding hydrogens is 232 g/mol. The number of hydrogen-bond acceptors (Lipinski definition) is 1. The molecular formula is C17H26N2. The highest BCUT2D eigenvalue weighted by Crippen LogP contribution is 2.62. The van der Waals surface area contributed by atoms with E-state index in [4.69, 9.17) is 5.73 Å². The van der Waals surface area contributed by atoms with Crippen LogP contribution >= 0.6 is 0 Å². The van der Waals surface area contributed by atoms with Gasteiger partial charge >= 0.3 is 0 Å². The average molecular weight is 258 g/mol. The van der Waals surface area contributed by atoms with Crippen molar-refractivity contribution in [1.29, 1.82) is 0 Å². The van der Waals surface area contributed by atoms with Crippen LogP contribution in [0.5, 0.6) is 0 Å². The van der Waals surface area contributed by atoms with Gasteiger partial charge < -0.3 is 10.7 Å². The molecule has 4 saturated carbocycles. The topological polar surface area (TPSA) is 41.8 Å². The van der Waals surface area contributed by atoms with E-state index in [0.29, 0.717) is 11.3 Å². The lowest BCUT2D eigenvalue weighted by molar-refractivity contribution is -0.0604. The van der Waals surface area contributed by atoms with Gasteiger partial charge in [0, 0.05) is 12.4 Å². The molecule has 2 heteroatoms. The van der Waals surface area contributed by atoms with Gasteiger partial charge in [0.2, 0.25) is 0 Å². The van der Waals surface area contributed by atoms with Crippen molar-refractivity contribution in [1.82, 2.24) is 4.98 Å². The molecule has 4 bridgehead atoms. The first-order valence-electron chi connectivity index (χ1n) is 8.09.